The summed E-state index contributed by atoms with van der Waals surface area (Å²) in [5, 5.41) is 11.4. The van der Waals surface area contributed by atoms with Gasteiger partial charge in [0.1, 0.15) is 18.1 Å². The number of hydrogen-bond acceptors (Lipinski definition) is 5. The lowest BCUT2D eigenvalue weighted by molar-refractivity contribution is 0.629. The Bertz CT molecular complexity index is 692. The maximum absolute atomic E-state index is 5.66. The van der Waals surface area contributed by atoms with Gasteiger partial charge in [0.15, 0.2) is 0 Å². The minimum Gasteiger partial charge on any atom is -0.383 e. The summed E-state index contributed by atoms with van der Waals surface area (Å²) in [4.78, 5) is 11.4. The van der Waals surface area contributed by atoms with E-state index in [0.717, 1.165) is 22.8 Å². The highest BCUT2D eigenvalue weighted by Crippen LogP contribution is 2.18. The van der Waals surface area contributed by atoms with Crippen molar-refractivity contribution in [2.75, 3.05) is 17.7 Å². The van der Waals surface area contributed by atoms with E-state index in [1.165, 1.54) is 0 Å². The van der Waals surface area contributed by atoms with Crippen molar-refractivity contribution in [1.29, 1.82) is 0 Å². The summed E-state index contributed by atoms with van der Waals surface area (Å²) in [6.07, 6.45) is 8.87. The Morgan fingerprint density at radius 1 is 1.33 bits per heavy atom. The Hall–Kier alpha value is -2.41. The first-order chi connectivity index (χ1) is 10.3. The number of anilines is 1. The number of nitrogens with one attached hydrogen (secondary N) is 2. The second-order valence-electron chi connectivity index (χ2n) is 4.42. The summed E-state index contributed by atoms with van der Waals surface area (Å²) in [6, 6.07) is 1.97. The topological polar surface area (TPSA) is 84.3 Å². The molecule has 0 saturated carbocycles. The fraction of sp³-hybridized carbons (Fsp3) is 0.231. The number of rotatable bonds is 6. The van der Waals surface area contributed by atoms with E-state index in [4.69, 9.17) is 11.6 Å². The summed E-state index contributed by atoms with van der Waals surface area (Å²) in [7, 11) is 0. The zero-order valence-corrected chi connectivity index (χ0v) is 12.0. The van der Waals surface area contributed by atoms with Crippen LogP contribution < -0.4 is 5.32 Å². The molecule has 0 saturated heterocycles. The Balaban J connectivity index is 1.76. The van der Waals surface area contributed by atoms with Crippen molar-refractivity contribution in [2.45, 2.75) is 6.54 Å². The fourth-order valence-electron chi connectivity index (χ4n) is 1.91. The van der Waals surface area contributed by atoms with Gasteiger partial charge in [0.25, 0.3) is 0 Å². The van der Waals surface area contributed by atoms with E-state index in [1.807, 2.05) is 12.3 Å². The van der Waals surface area contributed by atoms with Crippen molar-refractivity contribution >= 4 is 17.3 Å². The summed E-state index contributed by atoms with van der Waals surface area (Å²) >= 11 is 5.66. The van der Waals surface area contributed by atoms with Gasteiger partial charge in [-0.25, -0.2) is 9.67 Å². The molecule has 0 spiro atoms. The average Bonchev–Trinajstić information content (AvgIpc) is 3.18. The summed E-state index contributed by atoms with van der Waals surface area (Å²) in [5.74, 6) is 1.38. The summed E-state index contributed by atoms with van der Waals surface area (Å²) < 4.78 is 1.73. The van der Waals surface area contributed by atoms with E-state index in [2.05, 4.69) is 30.6 Å². The number of nitrogens with zero attached hydrogens (tertiary/aromatic N) is 5. The van der Waals surface area contributed by atoms with Crippen molar-refractivity contribution < 1.29 is 0 Å². The number of halogens is 1. The molecular formula is C13H14ClN7. The highest BCUT2D eigenvalue weighted by Gasteiger charge is 2.06. The van der Waals surface area contributed by atoms with Gasteiger partial charge < -0.3 is 10.3 Å². The van der Waals surface area contributed by atoms with Gasteiger partial charge in [-0.1, -0.05) is 5.21 Å². The monoisotopic (exact) mass is 303 g/mol. The third-order valence-corrected chi connectivity index (χ3v) is 3.05. The van der Waals surface area contributed by atoms with Crippen LogP contribution >= 0.6 is 11.6 Å². The first kappa shape index (κ1) is 13.6. The maximum atomic E-state index is 5.66. The van der Waals surface area contributed by atoms with Crippen molar-refractivity contribution in [3.05, 3.63) is 42.9 Å². The lowest BCUT2D eigenvalue weighted by Gasteiger charge is -2.04. The van der Waals surface area contributed by atoms with Gasteiger partial charge in [-0.15, -0.1) is 16.7 Å². The van der Waals surface area contributed by atoms with Crippen LogP contribution in [0.4, 0.5) is 5.69 Å². The van der Waals surface area contributed by atoms with Crippen LogP contribution in [0, 0.1) is 0 Å². The third kappa shape index (κ3) is 3.38. The molecule has 0 radical (unpaired) electrons. The molecule has 3 rings (SSSR count). The molecular weight excluding hydrogens is 290 g/mol. The molecule has 3 heterocycles. The van der Waals surface area contributed by atoms with Gasteiger partial charge in [0, 0.05) is 42.8 Å². The van der Waals surface area contributed by atoms with Gasteiger partial charge in [-0.3, -0.25) is 4.98 Å². The molecule has 3 aromatic rings. The quantitative estimate of drug-likeness (QED) is 0.678. The highest BCUT2D eigenvalue weighted by atomic mass is 35.5. The fourth-order valence-corrected chi connectivity index (χ4v) is 2.01. The number of hydrogen-bond donors (Lipinski definition) is 2. The highest BCUT2D eigenvalue weighted by molar-refractivity contribution is 6.18. The Morgan fingerprint density at radius 2 is 2.29 bits per heavy atom. The third-order valence-electron chi connectivity index (χ3n) is 2.86. The molecule has 3 aromatic heterocycles. The number of aromatic nitrogens is 6. The molecule has 0 aromatic carbocycles. The molecule has 0 amide bonds. The second kappa shape index (κ2) is 6.36. The van der Waals surface area contributed by atoms with Crippen molar-refractivity contribution in [2.24, 2.45) is 0 Å². The van der Waals surface area contributed by atoms with Gasteiger partial charge >= 0.3 is 0 Å². The van der Waals surface area contributed by atoms with Crippen LogP contribution in [-0.2, 0) is 6.54 Å². The largest absolute Gasteiger partial charge is 0.383 e. The maximum Gasteiger partial charge on any atom is 0.127 e. The van der Waals surface area contributed by atoms with E-state index in [-0.39, 0.29) is 0 Å². The molecule has 2 N–H and O–H groups in total. The predicted molar refractivity (Wildman–Crippen MR) is 80.2 cm³/mol. The van der Waals surface area contributed by atoms with E-state index >= 15 is 0 Å². The van der Waals surface area contributed by atoms with Crippen molar-refractivity contribution in [3.63, 3.8) is 0 Å². The van der Waals surface area contributed by atoms with E-state index in [0.29, 0.717) is 19.0 Å². The molecule has 7 nitrogen and oxygen atoms in total. The summed E-state index contributed by atoms with van der Waals surface area (Å²) in [6.45, 7) is 1.25. The molecule has 0 unspecified atom stereocenters. The SMILES string of the molecule is ClCCNc1cncc(-c2cn(Cc3ncc[nH]3)nn2)c1. The first-order valence-corrected chi connectivity index (χ1v) is 7.02. The van der Waals surface area contributed by atoms with E-state index in [1.54, 1.807) is 29.5 Å². The van der Waals surface area contributed by atoms with Crippen LogP contribution in [0.5, 0.6) is 0 Å². The minimum atomic E-state index is 0.545. The van der Waals surface area contributed by atoms with Crippen LogP contribution in [0.3, 0.4) is 0 Å². The number of H-pyrrole nitrogens is 1. The van der Waals surface area contributed by atoms with Crippen molar-refractivity contribution in [1.82, 2.24) is 29.9 Å². The Kier molecular flexibility index (Phi) is 4.11. The van der Waals surface area contributed by atoms with Gasteiger partial charge in [-0.05, 0) is 6.07 Å². The normalized spacial score (nSPS) is 10.7. The first-order valence-electron chi connectivity index (χ1n) is 6.49. The van der Waals surface area contributed by atoms with Gasteiger partial charge in [-0.2, -0.15) is 0 Å². The standard InChI is InChI=1S/C13H14ClN7/c14-1-2-16-11-5-10(6-15-7-11)12-8-21(20-19-12)9-13-17-3-4-18-13/h3-8,16H,1-2,9H2,(H,17,18). The zero-order valence-electron chi connectivity index (χ0n) is 11.2. The molecule has 0 aliphatic heterocycles. The molecule has 108 valence electrons. The van der Waals surface area contributed by atoms with E-state index in [9.17, 15) is 0 Å². The number of alkyl halides is 1. The van der Waals surface area contributed by atoms with Crippen molar-refractivity contribution in [3.8, 4) is 11.3 Å². The Morgan fingerprint density at radius 3 is 3.10 bits per heavy atom. The van der Waals surface area contributed by atoms with Crippen LogP contribution in [0.25, 0.3) is 11.3 Å². The molecule has 0 aliphatic carbocycles. The molecule has 0 fully saturated rings. The smallest absolute Gasteiger partial charge is 0.127 e. The van der Waals surface area contributed by atoms with Crippen LogP contribution in [0.2, 0.25) is 0 Å². The van der Waals surface area contributed by atoms with Gasteiger partial charge in [0.05, 0.1) is 11.9 Å². The number of pyridine rings is 1. The van der Waals surface area contributed by atoms with Crippen LogP contribution in [-0.4, -0.2) is 42.4 Å². The second-order valence-corrected chi connectivity index (χ2v) is 4.79. The lowest BCUT2D eigenvalue weighted by Crippen LogP contribution is -2.02. The molecule has 0 aliphatic rings. The molecule has 21 heavy (non-hydrogen) atoms. The predicted octanol–water partition coefficient (Wildman–Crippen LogP) is 1.76. The average molecular weight is 304 g/mol. The molecule has 8 heteroatoms. The van der Waals surface area contributed by atoms with E-state index < -0.39 is 0 Å². The van der Waals surface area contributed by atoms with Crippen LogP contribution in [0.15, 0.2) is 37.1 Å². The molecule has 0 atom stereocenters. The lowest BCUT2D eigenvalue weighted by atomic mass is 10.2. The number of aromatic amines is 1. The van der Waals surface area contributed by atoms with Gasteiger partial charge in [0.2, 0.25) is 0 Å². The molecule has 0 bridgehead atoms. The zero-order chi connectivity index (χ0) is 14.5. The Labute approximate surface area is 126 Å². The van der Waals surface area contributed by atoms with Crippen LogP contribution in [0.1, 0.15) is 5.82 Å². The summed E-state index contributed by atoms with van der Waals surface area (Å²) in [5.41, 5.74) is 2.58. The number of imidazole rings is 1. The minimum absolute atomic E-state index is 0.545.